The maximum absolute atomic E-state index is 12.5. The largest absolute Gasteiger partial charge is 0.453 e. The van der Waals surface area contributed by atoms with Gasteiger partial charge >= 0.3 is 0 Å². The number of hydrogen-bond acceptors (Lipinski definition) is 9. The number of ether oxygens (including phenoxy) is 1. The molecule has 1 atom stereocenters. The summed E-state index contributed by atoms with van der Waals surface area (Å²) in [5.74, 6) is 3.82. The molecular formula is C46H56ClN9O3. The number of carbonyl (C=O) groups excluding carboxylic acids is 2. The van der Waals surface area contributed by atoms with Gasteiger partial charge in [0.1, 0.15) is 22.1 Å². The number of halogens is 1. The molecule has 12 nitrogen and oxygen atoms in total. The van der Waals surface area contributed by atoms with Crippen LogP contribution in [0.4, 0.5) is 5.69 Å². The maximum atomic E-state index is 12.5. The van der Waals surface area contributed by atoms with E-state index in [9.17, 15) is 9.59 Å². The van der Waals surface area contributed by atoms with Crippen LogP contribution in [0.2, 0.25) is 5.02 Å². The van der Waals surface area contributed by atoms with Gasteiger partial charge in [0.15, 0.2) is 11.4 Å². The molecule has 5 aromatic rings. The van der Waals surface area contributed by atoms with Crippen LogP contribution in [0.1, 0.15) is 80.5 Å². The molecule has 13 heteroatoms. The van der Waals surface area contributed by atoms with Crippen LogP contribution in [0, 0.1) is 24.7 Å². The number of amides is 2. The molecule has 7 heterocycles. The van der Waals surface area contributed by atoms with Crippen LogP contribution >= 0.6 is 11.6 Å². The van der Waals surface area contributed by atoms with Crippen LogP contribution in [0.15, 0.2) is 60.9 Å². The van der Waals surface area contributed by atoms with E-state index in [0.29, 0.717) is 40.6 Å². The SMILES string of the molecule is Cc1nn(C)cc1-c1nc2ncc(Cl)c(Oc3ccc(CN4CCC(CC5CCN(CC6CCN(c7cccc([C@@H]8CCC(=O)NC8=O)c7)CC6)CC5)CC4)cc3)c2[nH]1. The molecule has 0 spiro atoms. The summed E-state index contributed by atoms with van der Waals surface area (Å²) < 4.78 is 8.10. The van der Waals surface area contributed by atoms with Crippen molar-refractivity contribution in [3.63, 3.8) is 0 Å². The lowest BCUT2D eigenvalue weighted by molar-refractivity contribution is -0.134. The van der Waals surface area contributed by atoms with E-state index in [1.807, 2.05) is 38.4 Å². The van der Waals surface area contributed by atoms with Crippen molar-refractivity contribution in [1.29, 1.82) is 0 Å². The number of aromatic amines is 1. The van der Waals surface area contributed by atoms with E-state index in [-0.39, 0.29) is 17.7 Å². The third-order valence-corrected chi connectivity index (χ3v) is 13.6. The van der Waals surface area contributed by atoms with Crippen LogP contribution in [-0.2, 0) is 23.2 Å². The number of imide groups is 1. The number of piperidine rings is 4. The van der Waals surface area contributed by atoms with Crippen molar-refractivity contribution >= 4 is 40.3 Å². The standard InChI is InChI=1S/C46H56ClN9O3/c1-30-39(29-53(2)52-30)44-50-42-43(40(47)26-48-45(42)51-44)59-37-8-6-33(7-9-37)27-54-18-12-31(13-19-54)24-32-14-20-55(21-15-32)28-34-16-22-56(23-17-34)36-5-3-4-35(25-36)38-10-11-41(57)49-46(38)58/h3-9,25-26,29,31-32,34,38H,10-24,27-28H2,1-2H3,(H,48,50,51)(H,49,57,58)/t38-/m0/s1. The van der Waals surface area contributed by atoms with Gasteiger partial charge in [0, 0.05) is 51.5 Å². The summed E-state index contributed by atoms with van der Waals surface area (Å²) in [4.78, 5) is 44.4. The van der Waals surface area contributed by atoms with Crippen LogP contribution in [-0.4, -0.2) is 92.2 Å². The first kappa shape index (κ1) is 39.7. The molecule has 4 fully saturated rings. The van der Waals surface area contributed by atoms with Crippen molar-refractivity contribution in [3.8, 4) is 22.9 Å². The molecule has 4 aliphatic heterocycles. The number of likely N-dealkylation sites (tertiary alicyclic amines) is 2. The molecule has 0 bridgehead atoms. The summed E-state index contributed by atoms with van der Waals surface area (Å²) in [5, 5.41) is 7.38. The van der Waals surface area contributed by atoms with Crippen LogP contribution in [0.3, 0.4) is 0 Å². The number of imidazole rings is 1. The number of benzene rings is 2. The van der Waals surface area contributed by atoms with Crippen molar-refractivity contribution in [2.45, 2.75) is 77.2 Å². The second-order valence-corrected chi connectivity index (χ2v) is 17.9. The fourth-order valence-corrected chi connectivity index (χ4v) is 10.1. The van der Waals surface area contributed by atoms with Gasteiger partial charge in [0.05, 0.1) is 23.4 Å². The number of aromatic nitrogens is 5. The molecule has 0 aliphatic carbocycles. The van der Waals surface area contributed by atoms with Crippen LogP contribution in [0.25, 0.3) is 22.6 Å². The summed E-state index contributed by atoms with van der Waals surface area (Å²) in [6.07, 6.45) is 13.6. The van der Waals surface area contributed by atoms with E-state index in [2.05, 4.69) is 70.4 Å². The Labute approximate surface area is 351 Å². The number of nitrogens with one attached hydrogen (secondary N) is 2. The Balaban J connectivity index is 0.686. The molecule has 2 N–H and O–H groups in total. The van der Waals surface area contributed by atoms with Gasteiger partial charge in [-0.05, 0) is 138 Å². The first-order valence-electron chi connectivity index (χ1n) is 21.7. The Morgan fingerprint density at radius 3 is 2.27 bits per heavy atom. The summed E-state index contributed by atoms with van der Waals surface area (Å²) in [6.45, 7) is 11.0. The van der Waals surface area contributed by atoms with Gasteiger partial charge in [0.2, 0.25) is 11.8 Å². The minimum absolute atomic E-state index is 0.160. The topological polar surface area (TPSA) is 125 Å². The van der Waals surface area contributed by atoms with E-state index in [0.717, 1.165) is 73.0 Å². The van der Waals surface area contributed by atoms with Crippen LogP contribution < -0.4 is 15.0 Å². The molecule has 9 rings (SSSR count). The number of anilines is 1. The van der Waals surface area contributed by atoms with Gasteiger partial charge < -0.3 is 19.5 Å². The molecule has 2 amide bonds. The lowest BCUT2D eigenvalue weighted by atomic mass is 9.82. The van der Waals surface area contributed by atoms with Gasteiger partial charge in [-0.2, -0.15) is 5.10 Å². The average molecular weight is 818 g/mol. The molecule has 59 heavy (non-hydrogen) atoms. The number of H-pyrrole nitrogens is 1. The number of aryl methyl sites for hydroxylation is 2. The summed E-state index contributed by atoms with van der Waals surface area (Å²) in [7, 11) is 1.89. The second-order valence-electron chi connectivity index (χ2n) is 17.5. The average Bonchev–Trinajstić information content (AvgIpc) is 3.83. The highest BCUT2D eigenvalue weighted by molar-refractivity contribution is 6.32. The van der Waals surface area contributed by atoms with Gasteiger partial charge in [-0.1, -0.05) is 35.9 Å². The third kappa shape index (κ3) is 9.20. The van der Waals surface area contributed by atoms with Crippen molar-refractivity contribution in [3.05, 3.63) is 82.8 Å². The smallest absolute Gasteiger partial charge is 0.234 e. The lowest BCUT2D eigenvalue weighted by Crippen LogP contribution is -2.42. The van der Waals surface area contributed by atoms with E-state index >= 15 is 0 Å². The van der Waals surface area contributed by atoms with Gasteiger partial charge in [-0.3, -0.25) is 24.5 Å². The minimum atomic E-state index is -0.229. The molecule has 3 aromatic heterocycles. The van der Waals surface area contributed by atoms with E-state index in [1.54, 1.807) is 10.9 Å². The molecule has 4 saturated heterocycles. The Morgan fingerprint density at radius 2 is 1.58 bits per heavy atom. The van der Waals surface area contributed by atoms with Crippen molar-refractivity contribution in [1.82, 2.24) is 39.8 Å². The summed E-state index contributed by atoms with van der Waals surface area (Å²) >= 11 is 6.59. The molecule has 310 valence electrons. The molecule has 0 unspecified atom stereocenters. The molecule has 2 aromatic carbocycles. The van der Waals surface area contributed by atoms with E-state index in [1.165, 1.54) is 75.8 Å². The Bertz CT molecular complexity index is 2260. The van der Waals surface area contributed by atoms with E-state index in [4.69, 9.17) is 16.3 Å². The first-order chi connectivity index (χ1) is 28.7. The monoisotopic (exact) mass is 817 g/mol. The highest BCUT2D eigenvalue weighted by Gasteiger charge is 2.30. The Hall–Kier alpha value is -4.78. The number of pyridine rings is 1. The molecular weight excluding hydrogens is 762 g/mol. The zero-order valence-electron chi connectivity index (χ0n) is 34.3. The Morgan fingerprint density at radius 1 is 0.864 bits per heavy atom. The van der Waals surface area contributed by atoms with Crippen molar-refractivity contribution in [2.75, 3.05) is 50.7 Å². The normalized spacial score (nSPS) is 20.7. The number of fused-ring (bicyclic) bond motifs is 1. The highest BCUT2D eigenvalue weighted by atomic mass is 35.5. The van der Waals surface area contributed by atoms with Gasteiger partial charge in [0.25, 0.3) is 0 Å². The van der Waals surface area contributed by atoms with E-state index < -0.39 is 0 Å². The molecule has 0 saturated carbocycles. The fraction of sp³-hybridized carbons (Fsp3) is 0.500. The predicted molar refractivity (Wildman–Crippen MR) is 231 cm³/mol. The number of rotatable bonds is 11. The van der Waals surface area contributed by atoms with Crippen molar-refractivity contribution in [2.24, 2.45) is 24.8 Å². The minimum Gasteiger partial charge on any atom is -0.453 e. The lowest BCUT2D eigenvalue weighted by Gasteiger charge is -2.39. The van der Waals surface area contributed by atoms with Crippen molar-refractivity contribution < 1.29 is 14.3 Å². The van der Waals surface area contributed by atoms with Crippen LogP contribution in [0.5, 0.6) is 11.5 Å². The molecule has 0 radical (unpaired) electrons. The number of carbonyl (C=O) groups is 2. The molecule has 4 aliphatic rings. The maximum Gasteiger partial charge on any atom is 0.234 e. The Kier molecular flexibility index (Phi) is 11.7. The summed E-state index contributed by atoms with van der Waals surface area (Å²) in [5.41, 5.74) is 6.52. The zero-order valence-corrected chi connectivity index (χ0v) is 35.1. The zero-order chi connectivity index (χ0) is 40.5. The predicted octanol–water partition coefficient (Wildman–Crippen LogP) is 7.86. The number of hydrogen-bond donors (Lipinski definition) is 2. The first-order valence-corrected chi connectivity index (χ1v) is 22.0. The van der Waals surface area contributed by atoms with Gasteiger partial charge in [-0.15, -0.1) is 0 Å². The van der Waals surface area contributed by atoms with Gasteiger partial charge in [-0.25, -0.2) is 9.97 Å². The second kappa shape index (κ2) is 17.4. The highest BCUT2D eigenvalue weighted by Crippen LogP contribution is 2.37. The fourth-order valence-electron chi connectivity index (χ4n) is 9.96. The third-order valence-electron chi connectivity index (χ3n) is 13.3. The summed E-state index contributed by atoms with van der Waals surface area (Å²) in [6, 6.07) is 16.8. The quantitative estimate of drug-likeness (QED) is 0.128. The number of nitrogens with zero attached hydrogens (tertiary/aromatic N) is 7.